The van der Waals surface area contributed by atoms with E-state index >= 15 is 0 Å². The van der Waals surface area contributed by atoms with E-state index in [2.05, 4.69) is 21.2 Å². The Morgan fingerprint density at radius 3 is 2.62 bits per heavy atom. The summed E-state index contributed by atoms with van der Waals surface area (Å²) in [6.07, 6.45) is 0. The molecular weight excluding hydrogens is 375 g/mol. The molecule has 0 aliphatic heterocycles. The second-order valence-corrected chi connectivity index (χ2v) is 6.77. The van der Waals surface area contributed by atoms with Crippen LogP contribution in [-0.4, -0.2) is 18.6 Å². The van der Waals surface area contributed by atoms with Crippen LogP contribution in [0.1, 0.15) is 19.4 Å². The summed E-state index contributed by atoms with van der Waals surface area (Å²) in [6.45, 7) is 3.67. The number of carbonyl (C=O) groups is 1. The van der Waals surface area contributed by atoms with E-state index in [9.17, 15) is 9.18 Å². The van der Waals surface area contributed by atoms with E-state index in [4.69, 9.17) is 10.5 Å². The van der Waals surface area contributed by atoms with Gasteiger partial charge in [-0.1, -0.05) is 34.1 Å². The van der Waals surface area contributed by atoms with Gasteiger partial charge in [0.1, 0.15) is 23.7 Å². The molecule has 4 nitrogen and oxygen atoms in total. The molecule has 3 N–H and O–H groups in total. The second kappa shape index (κ2) is 7.77. The number of amides is 1. The summed E-state index contributed by atoms with van der Waals surface area (Å²) < 4.78 is 19.5. The van der Waals surface area contributed by atoms with Gasteiger partial charge in [-0.2, -0.15) is 0 Å². The summed E-state index contributed by atoms with van der Waals surface area (Å²) in [5.41, 5.74) is 5.74. The summed E-state index contributed by atoms with van der Waals surface area (Å²) in [7, 11) is 0. The first-order valence-electron chi connectivity index (χ1n) is 7.53. The molecule has 6 heteroatoms. The molecule has 0 spiro atoms. The van der Waals surface area contributed by atoms with E-state index < -0.39 is 5.54 Å². The zero-order valence-electron chi connectivity index (χ0n) is 13.6. The highest BCUT2D eigenvalue weighted by molar-refractivity contribution is 9.10. The van der Waals surface area contributed by atoms with Crippen molar-refractivity contribution < 1.29 is 13.9 Å². The van der Waals surface area contributed by atoms with Crippen LogP contribution in [0.15, 0.2) is 53.0 Å². The second-order valence-electron chi connectivity index (χ2n) is 5.85. The minimum Gasteiger partial charge on any atom is -0.491 e. The van der Waals surface area contributed by atoms with Gasteiger partial charge in [-0.3, -0.25) is 4.79 Å². The molecule has 2 aromatic rings. The van der Waals surface area contributed by atoms with Crippen molar-refractivity contribution in [1.29, 1.82) is 0 Å². The Hall–Kier alpha value is -1.92. The summed E-state index contributed by atoms with van der Waals surface area (Å²) >= 11 is 3.35. The molecule has 2 unspecified atom stereocenters. The zero-order chi connectivity index (χ0) is 17.7. The highest BCUT2D eigenvalue weighted by Crippen LogP contribution is 2.21. The number of nitrogens with one attached hydrogen (secondary N) is 1. The summed E-state index contributed by atoms with van der Waals surface area (Å²) in [5, 5.41) is 2.82. The van der Waals surface area contributed by atoms with E-state index in [1.165, 1.54) is 12.1 Å². The van der Waals surface area contributed by atoms with Crippen molar-refractivity contribution in [3.8, 4) is 5.75 Å². The van der Waals surface area contributed by atoms with Gasteiger partial charge in [-0.15, -0.1) is 0 Å². The molecule has 0 heterocycles. The first-order chi connectivity index (χ1) is 11.3. The number of halogens is 2. The number of benzene rings is 2. The lowest BCUT2D eigenvalue weighted by atomic mass is 9.92. The maximum atomic E-state index is 13.1. The van der Waals surface area contributed by atoms with Crippen molar-refractivity contribution in [3.05, 3.63) is 64.4 Å². The molecule has 0 radical (unpaired) electrons. The van der Waals surface area contributed by atoms with Gasteiger partial charge < -0.3 is 15.8 Å². The van der Waals surface area contributed by atoms with Gasteiger partial charge in [-0.05, 0) is 43.7 Å². The van der Waals surface area contributed by atoms with E-state index in [0.717, 1.165) is 4.47 Å². The van der Waals surface area contributed by atoms with Gasteiger partial charge in [0.2, 0.25) is 5.91 Å². The van der Waals surface area contributed by atoms with Crippen molar-refractivity contribution in [2.75, 3.05) is 6.61 Å². The van der Waals surface area contributed by atoms with E-state index in [1.807, 2.05) is 12.1 Å². The van der Waals surface area contributed by atoms with E-state index in [0.29, 0.717) is 11.3 Å². The van der Waals surface area contributed by atoms with Crippen molar-refractivity contribution >= 4 is 21.8 Å². The zero-order valence-corrected chi connectivity index (χ0v) is 15.1. The quantitative estimate of drug-likeness (QED) is 0.789. The largest absolute Gasteiger partial charge is 0.491 e. The third kappa shape index (κ3) is 4.79. The standard InChI is InChI=1S/C18H20BrFN2O2/c1-12(11-24-16-5-3-4-15(20)10-16)22-17(23)18(2,21)13-6-8-14(19)9-7-13/h3-10,12H,11,21H2,1-2H3,(H,22,23). The molecule has 2 aromatic carbocycles. The van der Waals surface area contributed by atoms with Crippen molar-refractivity contribution in [3.63, 3.8) is 0 Å². The van der Waals surface area contributed by atoms with Crippen LogP contribution in [0.3, 0.4) is 0 Å². The Bertz CT molecular complexity index is 704. The number of hydrogen-bond donors (Lipinski definition) is 2. The topological polar surface area (TPSA) is 64.3 Å². The van der Waals surface area contributed by atoms with Gasteiger partial charge in [-0.25, -0.2) is 4.39 Å². The van der Waals surface area contributed by atoms with Crippen LogP contribution >= 0.6 is 15.9 Å². The molecule has 0 saturated heterocycles. The number of hydrogen-bond acceptors (Lipinski definition) is 3. The Balaban J connectivity index is 1.93. The number of carbonyl (C=O) groups excluding carboxylic acids is 1. The molecule has 128 valence electrons. The van der Waals surface area contributed by atoms with Gasteiger partial charge in [0.25, 0.3) is 0 Å². The average molecular weight is 395 g/mol. The minimum atomic E-state index is -1.16. The molecule has 0 bridgehead atoms. The van der Waals surface area contributed by atoms with Gasteiger partial charge in [0.15, 0.2) is 0 Å². The third-order valence-electron chi connectivity index (χ3n) is 3.59. The average Bonchev–Trinajstić information content (AvgIpc) is 2.53. The van der Waals surface area contributed by atoms with Crippen molar-refractivity contribution in [2.24, 2.45) is 5.73 Å². The summed E-state index contributed by atoms with van der Waals surface area (Å²) in [4.78, 5) is 12.5. The maximum Gasteiger partial charge on any atom is 0.244 e. The van der Waals surface area contributed by atoms with Gasteiger partial charge in [0.05, 0.1) is 6.04 Å². The Labute approximate surface area is 149 Å². The maximum absolute atomic E-state index is 13.1. The lowest BCUT2D eigenvalue weighted by Gasteiger charge is -2.26. The van der Waals surface area contributed by atoms with Crippen LogP contribution in [0.25, 0.3) is 0 Å². The normalized spacial score (nSPS) is 14.5. The fourth-order valence-corrected chi connectivity index (χ4v) is 2.38. The van der Waals surface area contributed by atoms with Crippen LogP contribution in [-0.2, 0) is 10.3 Å². The smallest absolute Gasteiger partial charge is 0.244 e. The Kier molecular flexibility index (Phi) is 5.96. The van der Waals surface area contributed by atoms with Crippen molar-refractivity contribution in [1.82, 2.24) is 5.32 Å². The molecule has 2 rings (SSSR count). The van der Waals surface area contributed by atoms with Gasteiger partial charge >= 0.3 is 0 Å². The van der Waals surface area contributed by atoms with Crippen LogP contribution in [0.2, 0.25) is 0 Å². The monoisotopic (exact) mass is 394 g/mol. The molecule has 0 aliphatic carbocycles. The highest BCUT2D eigenvalue weighted by Gasteiger charge is 2.31. The van der Waals surface area contributed by atoms with Crippen LogP contribution < -0.4 is 15.8 Å². The fourth-order valence-electron chi connectivity index (χ4n) is 2.12. The Morgan fingerprint density at radius 1 is 1.33 bits per heavy atom. The van der Waals surface area contributed by atoms with Crippen molar-refractivity contribution in [2.45, 2.75) is 25.4 Å². The van der Waals surface area contributed by atoms with E-state index in [1.54, 1.807) is 38.1 Å². The first-order valence-corrected chi connectivity index (χ1v) is 8.32. The van der Waals surface area contributed by atoms with Crippen LogP contribution in [0.4, 0.5) is 4.39 Å². The molecule has 0 saturated carbocycles. The molecule has 0 aliphatic rings. The van der Waals surface area contributed by atoms with Gasteiger partial charge in [0, 0.05) is 10.5 Å². The number of ether oxygens (including phenoxy) is 1. The predicted molar refractivity (Wildman–Crippen MR) is 95.2 cm³/mol. The minimum absolute atomic E-state index is 0.214. The highest BCUT2D eigenvalue weighted by atomic mass is 79.9. The first kappa shape index (κ1) is 18.4. The lowest BCUT2D eigenvalue weighted by molar-refractivity contribution is -0.126. The summed E-state index contributed by atoms with van der Waals surface area (Å²) in [5.74, 6) is -0.256. The lowest BCUT2D eigenvalue weighted by Crippen LogP contribution is -2.52. The molecule has 1 amide bonds. The van der Waals surface area contributed by atoms with Crippen LogP contribution in [0, 0.1) is 5.82 Å². The molecule has 2 atom stereocenters. The number of rotatable bonds is 6. The molecular formula is C18H20BrFN2O2. The SMILES string of the molecule is CC(COc1cccc(F)c1)NC(=O)C(C)(N)c1ccc(Br)cc1. The van der Waals surface area contributed by atoms with E-state index in [-0.39, 0.29) is 24.4 Å². The Morgan fingerprint density at radius 2 is 2.00 bits per heavy atom. The molecule has 0 fully saturated rings. The molecule has 24 heavy (non-hydrogen) atoms. The van der Waals surface area contributed by atoms with Crippen LogP contribution in [0.5, 0.6) is 5.75 Å². The fraction of sp³-hybridized carbons (Fsp3) is 0.278. The molecule has 0 aromatic heterocycles. The summed E-state index contributed by atoms with van der Waals surface area (Å²) in [6, 6.07) is 12.9. The predicted octanol–water partition coefficient (Wildman–Crippen LogP) is 3.35. The third-order valence-corrected chi connectivity index (χ3v) is 4.12. The number of nitrogens with two attached hydrogens (primary N) is 1.